The molecule has 154 valence electrons. The molecular formula is C27H18ClN3O. The summed E-state index contributed by atoms with van der Waals surface area (Å²) in [6, 6.07) is 32.7. The maximum atomic E-state index is 6.38. The smallest absolute Gasteiger partial charge is 0.219 e. The van der Waals surface area contributed by atoms with Crippen molar-refractivity contribution in [3.63, 3.8) is 0 Å². The second-order valence-electron chi connectivity index (χ2n) is 7.64. The molecule has 0 amide bonds. The van der Waals surface area contributed by atoms with Gasteiger partial charge in [0.15, 0.2) is 0 Å². The minimum absolute atomic E-state index is 0.671. The van der Waals surface area contributed by atoms with Gasteiger partial charge in [-0.15, -0.1) is 0 Å². The van der Waals surface area contributed by atoms with Gasteiger partial charge >= 0.3 is 0 Å². The van der Waals surface area contributed by atoms with E-state index in [0.717, 1.165) is 38.6 Å². The summed E-state index contributed by atoms with van der Waals surface area (Å²) in [4.78, 5) is 8.98. The fourth-order valence-corrected chi connectivity index (χ4v) is 4.23. The topological polar surface area (TPSA) is 49.9 Å². The molecule has 5 aromatic rings. The Balaban J connectivity index is 1.31. The SMILES string of the molecule is ClC1N=C(c2ccc(-c3ccccc3)cc2)NC(c2ccc3c(c2)oc2ccccc23)=N1. The summed E-state index contributed by atoms with van der Waals surface area (Å²) in [6.07, 6.45) is 0. The Hall–Kier alpha value is -3.89. The molecule has 1 unspecified atom stereocenters. The molecule has 1 aromatic heterocycles. The molecule has 32 heavy (non-hydrogen) atoms. The number of benzene rings is 4. The summed E-state index contributed by atoms with van der Waals surface area (Å²) in [7, 11) is 0. The Bertz CT molecular complexity index is 1500. The van der Waals surface area contributed by atoms with Crippen LogP contribution < -0.4 is 5.32 Å². The fraction of sp³-hybridized carbons (Fsp3) is 0.0370. The van der Waals surface area contributed by atoms with Crippen LogP contribution in [0.25, 0.3) is 33.1 Å². The van der Waals surface area contributed by atoms with Gasteiger partial charge in [-0.05, 0) is 29.3 Å². The van der Waals surface area contributed by atoms with Crippen molar-refractivity contribution in [3.05, 3.63) is 108 Å². The fourth-order valence-electron chi connectivity index (χ4n) is 4.04. The largest absolute Gasteiger partial charge is 0.456 e. The summed E-state index contributed by atoms with van der Waals surface area (Å²) >= 11 is 6.38. The van der Waals surface area contributed by atoms with Crippen molar-refractivity contribution in [3.8, 4) is 11.1 Å². The molecule has 0 spiro atoms. The number of para-hydroxylation sites is 1. The lowest BCUT2D eigenvalue weighted by atomic mass is 10.0. The van der Waals surface area contributed by atoms with Crippen molar-refractivity contribution in [2.24, 2.45) is 9.98 Å². The summed E-state index contributed by atoms with van der Waals surface area (Å²) in [5.41, 5.74) is 5.17. The number of aliphatic imine (C=N–C) groups is 2. The quantitative estimate of drug-likeness (QED) is 0.257. The minimum Gasteiger partial charge on any atom is -0.456 e. The van der Waals surface area contributed by atoms with Gasteiger partial charge in [-0.2, -0.15) is 0 Å². The lowest BCUT2D eigenvalue weighted by molar-refractivity contribution is 0.669. The molecule has 0 aliphatic carbocycles. The van der Waals surface area contributed by atoms with Crippen molar-refractivity contribution >= 4 is 45.2 Å². The molecule has 4 nitrogen and oxygen atoms in total. The van der Waals surface area contributed by atoms with Gasteiger partial charge in [0.1, 0.15) is 22.8 Å². The van der Waals surface area contributed by atoms with Crippen LogP contribution in [0.1, 0.15) is 11.1 Å². The predicted octanol–water partition coefficient (Wildman–Crippen LogP) is 6.57. The van der Waals surface area contributed by atoms with Gasteiger partial charge in [-0.25, -0.2) is 9.98 Å². The molecule has 5 heteroatoms. The van der Waals surface area contributed by atoms with E-state index in [2.05, 4.69) is 51.7 Å². The van der Waals surface area contributed by atoms with Crippen LogP contribution in [0.15, 0.2) is 111 Å². The summed E-state index contributed by atoms with van der Waals surface area (Å²) in [6.45, 7) is 0. The van der Waals surface area contributed by atoms with Crippen LogP contribution in [0.4, 0.5) is 0 Å². The Labute approximate surface area is 189 Å². The highest BCUT2D eigenvalue weighted by molar-refractivity contribution is 6.25. The number of fused-ring (bicyclic) bond motifs is 3. The maximum absolute atomic E-state index is 6.38. The van der Waals surface area contributed by atoms with E-state index in [1.165, 1.54) is 5.56 Å². The van der Waals surface area contributed by atoms with E-state index in [1.807, 2.05) is 60.7 Å². The Morgan fingerprint density at radius 3 is 2.00 bits per heavy atom. The molecule has 1 aliphatic rings. The first-order valence-electron chi connectivity index (χ1n) is 10.4. The molecular weight excluding hydrogens is 418 g/mol. The van der Waals surface area contributed by atoms with Crippen molar-refractivity contribution in [1.82, 2.24) is 5.32 Å². The van der Waals surface area contributed by atoms with Crippen LogP contribution in [0.2, 0.25) is 0 Å². The van der Waals surface area contributed by atoms with Gasteiger partial charge in [0.05, 0.1) is 0 Å². The van der Waals surface area contributed by atoms with Crippen LogP contribution in [0.3, 0.4) is 0 Å². The van der Waals surface area contributed by atoms with E-state index in [0.29, 0.717) is 11.7 Å². The Kier molecular flexibility index (Phi) is 4.51. The molecule has 0 saturated carbocycles. The molecule has 2 heterocycles. The summed E-state index contributed by atoms with van der Waals surface area (Å²) < 4.78 is 6.03. The number of nitrogens with one attached hydrogen (secondary N) is 1. The minimum atomic E-state index is -0.693. The zero-order valence-electron chi connectivity index (χ0n) is 17.0. The number of halogens is 1. The zero-order valence-corrected chi connectivity index (χ0v) is 17.8. The summed E-state index contributed by atoms with van der Waals surface area (Å²) in [5.74, 6) is 1.36. The van der Waals surface area contributed by atoms with Gasteiger partial charge in [0.2, 0.25) is 5.62 Å². The molecule has 0 fully saturated rings. The van der Waals surface area contributed by atoms with Gasteiger partial charge in [0.25, 0.3) is 0 Å². The number of furan rings is 1. The molecule has 0 bridgehead atoms. The Morgan fingerprint density at radius 1 is 0.594 bits per heavy atom. The third-order valence-electron chi connectivity index (χ3n) is 5.63. The first-order chi connectivity index (χ1) is 15.7. The van der Waals surface area contributed by atoms with Crippen molar-refractivity contribution in [1.29, 1.82) is 0 Å². The normalized spacial score (nSPS) is 16.0. The number of nitrogens with zero attached hydrogens (tertiary/aromatic N) is 2. The van der Waals surface area contributed by atoms with E-state index in [1.54, 1.807) is 0 Å². The van der Waals surface area contributed by atoms with Gasteiger partial charge in [-0.1, -0.05) is 90.5 Å². The van der Waals surface area contributed by atoms with E-state index in [9.17, 15) is 0 Å². The van der Waals surface area contributed by atoms with Crippen LogP contribution in [0, 0.1) is 0 Å². The third-order valence-corrected chi connectivity index (χ3v) is 5.82. The first kappa shape index (κ1) is 18.8. The molecule has 1 N–H and O–H groups in total. The highest BCUT2D eigenvalue weighted by atomic mass is 35.5. The zero-order chi connectivity index (χ0) is 21.5. The van der Waals surface area contributed by atoms with Gasteiger partial charge in [-0.3, -0.25) is 0 Å². The van der Waals surface area contributed by atoms with Crippen LogP contribution >= 0.6 is 11.6 Å². The summed E-state index contributed by atoms with van der Waals surface area (Å²) in [5, 5.41) is 5.53. The van der Waals surface area contributed by atoms with Crippen LogP contribution in [-0.2, 0) is 0 Å². The van der Waals surface area contributed by atoms with Crippen LogP contribution in [-0.4, -0.2) is 17.3 Å². The molecule has 1 aliphatic heterocycles. The number of rotatable bonds is 3. The standard InChI is InChI=1S/C27H18ClN3O/c28-27-30-25(19-12-10-18(11-13-19)17-6-2-1-3-7-17)29-26(31-27)20-14-15-22-21-8-4-5-9-23(21)32-24(22)16-20/h1-16,27H,(H,29,30,31). The van der Waals surface area contributed by atoms with Crippen molar-refractivity contribution < 1.29 is 4.42 Å². The highest BCUT2D eigenvalue weighted by Crippen LogP contribution is 2.29. The maximum Gasteiger partial charge on any atom is 0.219 e. The molecule has 1 atom stereocenters. The highest BCUT2D eigenvalue weighted by Gasteiger charge is 2.19. The average molecular weight is 436 g/mol. The predicted molar refractivity (Wildman–Crippen MR) is 131 cm³/mol. The molecule has 6 rings (SSSR count). The molecule has 0 saturated heterocycles. The van der Waals surface area contributed by atoms with E-state index in [4.69, 9.17) is 16.0 Å². The number of alkyl halides is 1. The van der Waals surface area contributed by atoms with Crippen LogP contribution in [0.5, 0.6) is 0 Å². The van der Waals surface area contributed by atoms with Crippen molar-refractivity contribution in [2.45, 2.75) is 5.62 Å². The van der Waals surface area contributed by atoms with Crippen molar-refractivity contribution in [2.75, 3.05) is 0 Å². The lowest BCUT2D eigenvalue weighted by Gasteiger charge is -2.19. The van der Waals surface area contributed by atoms with Gasteiger partial charge < -0.3 is 9.73 Å². The second kappa shape index (κ2) is 7.66. The lowest BCUT2D eigenvalue weighted by Crippen LogP contribution is -2.36. The van der Waals surface area contributed by atoms with E-state index in [-0.39, 0.29) is 0 Å². The number of hydrogen-bond donors (Lipinski definition) is 1. The monoisotopic (exact) mass is 435 g/mol. The second-order valence-corrected chi connectivity index (χ2v) is 8.03. The molecule has 4 aromatic carbocycles. The van der Waals surface area contributed by atoms with E-state index < -0.39 is 5.62 Å². The Morgan fingerprint density at radius 2 is 1.19 bits per heavy atom. The van der Waals surface area contributed by atoms with E-state index >= 15 is 0 Å². The van der Waals surface area contributed by atoms with Gasteiger partial charge in [0, 0.05) is 21.9 Å². The number of hydrogen-bond acceptors (Lipinski definition) is 4. The molecule has 0 radical (unpaired) electrons. The average Bonchev–Trinajstić information content (AvgIpc) is 3.22. The third kappa shape index (κ3) is 3.35. The first-order valence-corrected chi connectivity index (χ1v) is 10.8. The number of amidine groups is 2.